The minimum Gasteiger partial charge on any atom is -0.381 e. The van der Waals surface area contributed by atoms with Crippen molar-refractivity contribution < 1.29 is 9.53 Å². The molecule has 2 aromatic rings. The van der Waals surface area contributed by atoms with E-state index >= 15 is 0 Å². The van der Waals surface area contributed by atoms with Gasteiger partial charge in [0.05, 0.1) is 6.61 Å². The number of H-pyrrole nitrogens is 1. The number of rotatable bonds is 6. The SMILES string of the molecule is CCCOCC1CCN(C(=O)c2cnc(-c3ccc(C)cc3)[nH]c2=O)C1. The third kappa shape index (κ3) is 4.19. The molecule has 1 amide bonds. The molecule has 1 aromatic carbocycles. The summed E-state index contributed by atoms with van der Waals surface area (Å²) in [6, 6.07) is 7.71. The van der Waals surface area contributed by atoms with Gasteiger partial charge in [0.15, 0.2) is 0 Å². The number of carbonyl (C=O) groups excluding carboxylic acids is 1. The number of hydrogen-bond acceptors (Lipinski definition) is 4. The van der Waals surface area contributed by atoms with E-state index in [1.165, 1.54) is 6.20 Å². The summed E-state index contributed by atoms with van der Waals surface area (Å²) >= 11 is 0. The zero-order valence-electron chi connectivity index (χ0n) is 15.3. The predicted octanol–water partition coefficient (Wildman–Crippen LogP) is 2.63. The number of aromatic nitrogens is 2. The van der Waals surface area contributed by atoms with Crippen molar-refractivity contribution in [3.05, 3.63) is 51.9 Å². The maximum atomic E-state index is 12.7. The molecule has 0 aliphatic carbocycles. The summed E-state index contributed by atoms with van der Waals surface area (Å²) in [7, 11) is 0. The van der Waals surface area contributed by atoms with Crippen LogP contribution in [-0.4, -0.2) is 47.1 Å². The first-order valence-corrected chi connectivity index (χ1v) is 9.12. The number of aromatic amines is 1. The second kappa shape index (κ2) is 8.27. The molecule has 1 aromatic heterocycles. The zero-order valence-corrected chi connectivity index (χ0v) is 15.3. The first-order valence-electron chi connectivity index (χ1n) is 9.12. The lowest BCUT2D eigenvalue weighted by atomic mass is 10.1. The van der Waals surface area contributed by atoms with Crippen molar-refractivity contribution in [2.24, 2.45) is 5.92 Å². The number of likely N-dealkylation sites (tertiary alicyclic amines) is 1. The second-order valence-electron chi connectivity index (χ2n) is 6.82. The Hall–Kier alpha value is -2.47. The molecule has 1 aliphatic rings. The predicted molar refractivity (Wildman–Crippen MR) is 100 cm³/mol. The van der Waals surface area contributed by atoms with Crippen molar-refractivity contribution in [2.75, 3.05) is 26.3 Å². The van der Waals surface area contributed by atoms with Crippen LogP contribution in [0.1, 0.15) is 35.7 Å². The number of amides is 1. The van der Waals surface area contributed by atoms with Gasteiger partial charge in [-0.25, -0.2) is 4.98 Å². The van der Waals surface area contributed by atoms with Gasteiger partial charge in [-0.1, -0.05) is 36.8 Å². The highest BCUT2D eigenvalue weighted by molar-refractivity contribution is 5.93. The normalized spacial score (nSPS) is 16.8. The Balaban J connectivity index is 1.69. The Morgan fingerprint density at radius 1 is 1.35 bits per heavy atom. The summed E-state index contributed by atoms with van der Waals surface area (Å²) in [6.07, 6.45) is 3.28. The quantitative estimate of drug-likeness (QED) is 0.808. The molecule has 6 nitrogen and oxygen atoms in total. The lowest BCUT2D eigenvalue weighted by Crippen LogP contribution is -2.33. The molecule has 1 atom stereocenters. The van der Waals surface area contributed by atoms with Crippen molar-refractivity contribution in [2.45, 2.75) is 26.7 Å². The minimum absolute atomic E-state index is 0.0935. The van der Waals surface area contributed by atoms with Crippen molar-refractivity contribution in [3.63, 3.8) is 0 Å². The van der Waals surface area contributed by atoms with E-state index in [2.05, 4.69) is 16.9 Å². The van der Waals surface area contributed by atoms with Crippen LogP contribution >= 0.6 is 0 Å². The Labute approximate surface area is 153 Å². The molecule has 0 spiro atoms. The molecule has 6 heteroatoms. The molecule has 1 unspecified atom stereocenters. The van der Waals surface area contributed by atoms with Gasteiger partial charge in [-0.05, 0) is 19.8 Å². The number of nitrogens with zero attached hydrogens (tertiary/aromatic N) is 2. The summed E-state index contributed by atoms with van der Waals surface area (Å²) in [4.78, 5) is 33.8. The van der Waals surface area contributed by atoms with Gasteiger partial charge in [-0.3, -0.25) is 9.59 Å². The molecule has 0 bridgehead atoms. The van der Waals surface area contributed by atoms with Gasteiger partial charge in [0.1, 0.15) is 11.4 Å². The number of aryl methyl sites for hydroxylation is 1. The first-order chi connectivity index (χ1) is 12.6. The van der Waals surface area contributed by atoms with E-state index in [4.69, 9.17) is 4.74 Å². The largest absolute Gasteiger partial charge is 0.381 e. The van der Waals surface area contributed by atoms with Crippen LogP contribution in [0.25, 0.3) is 11.4 Å². The van der Waals surface area contributed by atoms with Crippen molar-refractivity contribution in [3.8, 4) is 11.4 Å². The zero-order chi connectivity index (χ0) is 18.5. The monoisotopic (exact) mass is 355 g/mol. The molecule has 26 heavy (non-hydrogen) atoms. The van der Waals surface area contributed by atoms with Crippen LogP contribution in [0.3, 0.4) is 0 Å². The molecular weight excluding hydrogens is 330 g/mol. The van der Waals surface area contributed by atoms with E-state index in [0.717, 1.165) is 30.6 Å². The number of hydrogen-bond donors (Lipinski definition) is 1. The van der Waals surface area contributed by atoms with Crippen molar-refractivity contribution in [1.29, 1.82) is 0 Å². The molecule has 0 saturated carbocycles. The van der Waals surface area contributed by atoms with E-state index in [-0.39, 0.29) is 11.5 Å². The number of nitrogens with one attached hydrogen (secondary N) is 1. The molecule has 1 aliphatic heterocycles. The molecule has 138 valence electrons. The summed E-state index contributed by atoms with van der Waals surface area (Å²) < 4.78 is 5.58. The van der Waals surface area contributed by atoms with Crippen LogP contribution in [0.15, 0.2) is 35.3 Å². The summed E-state index contributed by atoms with van der Waals surface area (Å²) in [5, 5.41) is 0. The fourth-order valence-electron chi connectivity index (χ4n) is 3.12. The van der Waals surface area contributed by atoms with E-state index in [1.54, 1.807) is 4.90 Å². The summed E-state index contributed by atoms with van der Waals surface area (Å²) in [5.74, 6) is 0.551. The topological polar surface area (TPSA) is 75.3 Å². The third-order valence-corrected chi connectivity index (χ3v) is 4.63. The minimum atomic E-state index is -0.397. The Morgan fingerprint density at radius 2 is 2.12 bits per heavy atom. The smallest absolute Gasteiger partial charge is 0.264 e. The lowest BCUT2D eigenvalue weighted by molar-refractivity contribution is 0.0752. The van der Waals surface area contributed by atoms with Gasteiger partial charge in [0, 0.05) is 37.4 Å². The number of benzene rings is 1. The lowest BCUT2D eigenvalue weighted by Gasteiger charge is -2.16. The van der Waals surface area contributed by atoms with Crippen LogP contribution in [0, 0.1) is 12.8 Å². The van der Waals surface area contributed by atoms with Gasteiger partial charge in [0.25, 0.3) is 11.5 Å². The first kappa shape index (κ1) is 18.3. The average molecular weight is 355 g/mol. The second-order valence-corrected chi connectivity index (χ2v) is 6.82. The summed E-state index contributed by atoms with van der Waals surface area (Å²) in [5.41, 5.74) is 1.65. The Kier molecular flexibility index (Phi) is 5.83. The molecule has 1 fully saturated rings. The van der Waals surface area contributed by atoms with Crippen LogP contribution in [0.2, 0.25) is 0 Å². The fraction of sp³-hybridized carbons (Fsp3) is 0.450. The van der Waals surface area contributed by atoms with E-state index in [1.807, 2.05) is 31.2 Å². The molecule has 0 radical (unpaired) electrons. The molecule has 1 N–H and O–H groups in total. The van der Waals surface area contributed by atoms with Crippen LogP contribution in [0.5, 0.6) is 0 Å². The Bertz CT molecular complexity index is 814. The van der Waals surface area contributed by atoms with Gasteiger partial charge >= 0.3 is 0 Å². The summed E-state index contributed by atoms with van der Waals surface area (Å²) in [6.45, 7) is 6.76. The third-order valence-electron chi connectivity index (χ3n) is 4.63. The number of carbonyl (C=O) groups is 1. The van der Waals surface area contributed by atoms with Crippen LogP contribution < -0.4 is 5.56 Å². The highest BCUT2D eigenvalue weighted by atomic mass is 16.5. The van der Waals surface area contributed by atoms with Crippen molar-refractivity contribution in [1.82, 2.24) is 14.9 Å². The van der Waals surface area contributed by atoms with Gasteiger partial charge in [0.2, 0.25) is 0 Å². The highest BCUT2D eigenvalue weighted by Gasteiger charge is 2.28. The van der Waals surface area contributed by atoms with Crippen molar-refractivity contribution >= 4 is 5.91 Å². The maximum Gasteiger partial charge on any atom is 0.264 e. The Morgan fingerprint density at radius 3 is 2.81 bits per heavy atom. The average Bonchev–Trinajstić information content (AvgIpc) is 3.11. The fourth-order valence-corrected chi connectivity index (χ4v) is 3.12. The maximum absolute atomic E-state index is 12.7. The van der Waals surface area contributed by atoms with E-state index in [9.17, 15) is 9.59 Å². The van der Waals surface area contributed by atoms with Gasteiger partial charge in [-0.15, -0.1) is 0 Å². The number of ether oxygens (including phenoxy) is 1. The van der Waals surface area contributed by atoms with E-state index in [0.29, 0.717) is 31.4 Å². The van der Waals surface area contributed by atoms with E-state index < -0.39 is 5.56 Å². The molecule has 2 heterocycles. The van der Waals surface area contributed by atoms with Gasteiger partial charge in [-0.2, -0.15) is 0 Å². The van der Waals surface area contributed by atoms with Crippen LogP contribution in [0.4, 0.5) is 0 Å². The molecule has 1 saturated heterocycles. The molecule has 3 rings (SSSR count). The van der Waals surface area contributed by atoms with Gasteiger partial charge < -0.3 is 14.6 Å². The highest BCUT2D eigenvalue weighted by Crippen LogP contribution is 2.19. The molecular formula is C20H25N3O3. The standard InChI is InChI=1S/C20H25N3O3/c1-3-10-26-13-15-8-9-23(12-15)20(25)17-11-21-18(22-19(17)24)16-6-4-14(2)5-7-16/h4-7,11,15H,3,8-10,12-13H2,1-2H3,(H,21,22,24). The van der Waals surface area contributed by atoms with Crippen LogP contribution in [-0.2, 0) is 4.74 Å².